The van der Waals surface area contributed by atoms with Gasteiger partial charge in [0, 0.05) is 11.3 Å². The van der Waals surface area contributed by atoms with Gasteiger partial charge >= 0.3 is 0 Å². The van der Waals surface area contributed by atoms with Crippen LogP contribution < -0.4 is 16.0 Å². The van der Waals surface area contributed by atoms with Crippen LogP contribution in [0.1, 0.15) is 88.8 Å². The molecule has 6 aliphatic carbocycles. The van der Waals surface area contributed by atoms with Gasteiger partial charge in [0.2, 0.25) is 0 Å². The van der Waals surface area contributed by atoms with Crippen molar-refractivity contribution in [1.29, 1.82) is 5.26 Å². The van der Waals surface area contributed by atoms with E-state index >= 15 is 0 Å². The molecule has 5 heteroatoms. The summed E-state index contributed by atoms with van der Waals surface area (Å²) in [6.45, 7) is 0. The summed E-state index contributed by atoms with van der Waals surface area (Å²) >= 11 is 0. The number of nitrogens with zero attached hydrogens (tertiary/aromatic N) is 1. The smallest absolute Gasteiger partial charge is 0.126 e. The van der Waals surface area contributed by atoms with E-state index in [1.54, 1.807) is 5.57 Å². The summed E-state index contributed by atoms with van der Waals surface area (Å²) in [6, 6.07) is 13.6. The van der Waals surface area contributed by atoms with Crippen LogP contribution in [-0.4, -0.2) is 12.3 Å². The van der Waals surface area contributed by atoms with Gasteiger partial charge in [-0.3, -0.25) is 16.0 Å². The molecule has 9 rings (SSSR count). The van der Waals surface area contributed by atoms with Crippen LogP contribution in [0.5, 0.6) is 0 Å². The van der Waals surface area contributed by atoms with Crippen molar-refractivity contribution in [2.75, 3.05) is 0 Å². The Balaban J connectivity index is 1.12. The molecule has 1 aromatic carbocycles. The third kappa shape index (κ3) is 4.59. The molecule has 8 aliphatic rings. The number of hydrogen-bond acceptors (Lipinski definition) is 5. The lowest BCUT2D eigenvalue weighted by atomic mass is 9.51. The van der Waals surface area contributed by atoms with Gasteiger partial charge in [-0.2, -0.15) is 5.26 Å². The van der Waals surface area contributed by atoms with Crippen LogP contribution in [-0.2, 0) is 4.74 Å². The highest BCUT2D eigenvalue weighted by Gasteiger charge is 2.67. The van der Waals surface area contributed by atoms with Gasteiger partial charge in [-0.25, -0.2) is 0 Å². The molecule has 5 nitrogen and oxygen atoms in total. The quantitative estimate of drug-likeness (QED) is 0.300. The molecule has 46 heavy (non-hydrogen) atoms. The number of nitriles is 1. The zero-order valence-electron chi connectivity index (χ0n) is 27.0. The Hall–Kier alpha value is -3.17. The van der Waals surface area contributed by atoms with E-state index in [9.17, 15) is 5.26 Å². The van der Waals surface area contributed by atoms with E-state index in [2.05, 4.69) is 94.9 Å². The topological polar surface area (TPSA) is 69.1 Å². The SMILES string of the molecule is N#CC1C=CC2C3C=C(C4NC(C5=CCCCC5)NC(c5ccccc5)N4)CCC3C3(C4=C(C=CCC4)OC4=CCCCC43)C2C1. The first-order chi connectivity index (χ1) is 22.7. The number of benzene rings is 1. The molecule has 10 unspecified atom stereocenters. The first-order valence-corrected chi connectivity index (χ1v) is 18.3. The fourth-order valence-electron chi connectivity index (χ4n) is 11.3. The van der Waals surface area contributed by atoms with E-state index in [1.165, 1.54) is 67.4 Å². The Labute approximate surface area is 274 Å². The van der Waals surface area contributed by atoms with Gasteiger partial charge in [-0.1, -0.05) is 60.7 Å². The first-order valence-electron chi connectivity index (χ1n) is 18.3. The summed E-state index contributed by atoms with van der Waals surface area (Å²) in [5, 5.41) is 22.2. The van der Waals surface area contributed by atoms with Crippen LogP contribution in [0, 0.1) is 52.3 Å². The van der Waals surface area contributed by atoms with E-state index in [0.717, 1.165) is 37.9 Å². The molecule has 1 saturated carbocycles. The highest BCUT2D eigenvalue weighted by molar-refractivity contribution is 5.44. The average Bonchev–Trinajstić information content (AvgIpc) is 3.41. The zero-order chi connectivity index (χ0) is 30.7. The van der Waals surface area contributed by atoms with Crippen LogP contribution in [0.4, 0.5) is 0 Å². The van der Waals surface area contributed by atoms with Crippen molar-refractivity contribution in [3.63, 3.8) is 0 Å². The maximum atomic E-state index is 10.2. The molecule has 1 aromatic rings. The second-order valence-corrected chi connectivity index (χ2v) is 15.1. The standard InChI is InChI=1S/C41H48N4O/c42-25-26-19-21-30-31-24-29(40-44-38(27-11-3-1-4-12-27)43-39(45-40)28-13-5-2-6-14-28)20-22-32(31)41(35(30)23-26)33-15-7-9-17-36(33)46-37-18-10-8-16-34(37)41/h1,3-4,9,11-13,17-19,21,24,26,30-32,34-35,38-40,43-45H,2,5-8,10,14-16,20,22-23H2. The van der Waals surface area contributed by atoms with Gasteiger partial charge in [0.05, 0.1) is 30.5 Å². The zero-order valence-corrected chi connectivity index (χ0v) is 27.0. The minimum atomic E-state index is 0.00712. The first kappa shape index (κ1) is 29.0. The minimum absolute atomic E-state index is 0.00712. The molecule has 0 bridgehead atoms. The maximum absolute atomic E-state index is 10.2. The Bertz CT molecular complexity index is 1590. The van der Waals surface area contributed by atoms with Gasteiger partial charge in [0.15, 0.2) is 0 Å². The number of nitrogens with one attached hydrogen (secondary N) is 3. The second-order valence-electron chi connectivity index (χ2n) is 15.1. The highest BCUT2D eigenvalue weighted by atomic mass is 16.5. The van der Waals surface area contributed by atoms with Gasteiger partial charge in [0.1, 0.15) is 11.5 Å². The van der Waals surface area contributed by atoms with Gasteiger partial charge in [0.25, 0.3) is 0 Å². The molecule has 0 amide bonds. The molecule has 2 fully saturated rings. The summed E-state index contributed by atoms with van der Waals surface area (Å²) in [5.41, 5.74) is 6.02. The van der Waals surface area contributed by atoms with Crippen molar-refractivity contribution < 1.29 is 4.74 Å². The Morgan fingerprint density at radius 3 is 2.48 bits per heavy atom. The van der Waals surface area contributed by atoms with E-state index in [-0.39, 0.29) is 29.8 Å². The summed E-state index contributed by atoms with van der Waals surface area (Å²) in [5.74, 6) is 4.83. The predicted octanol–water partition coefficient (Wildman–Crippen LogP) is 8.22. The largest absolute Gasteiger partial charge is 0.462 e. The van der Waals surface area contributed by atoms with E-state index < -0.39 is 0 Å². The van der Waals surface area contributed by atoms with Crippen molar-refractivity contribution in [1.82, 2.24) is 16.0 Å². The van der Waals surface area contributed by atoms with Crippen LogP contribution in [0.2, 0.25) is 0 Å². The molecule has 3 N–H and O–H groups in total. The lowest BCUT2D eigenvalue weighted by Crippen LogP contribution is -2.64. The average molecular weight is 613 g/mol. The van der Waals surface area contributed by atoms with Crippen molar-refractivity contribution >= 4 is 0 Å². The summed E-state index contributed by atoms with van der Waals surface area (Å²) in [4.78, 5) is 0. The molecular formula is C41H48N4O. The fourth-order valence-corrected chi connectivity index (χ4v) is 11.3. The van der Waals surface area contributed by atoms with Crippen LogP contribution in [0.15, 0.2) is 101 Å². The fraction of sp³-hybridized carbons (Fsp3) is 0.537. The molecule has 0 aromatic heterocycles. The summed E-state index contributed by atoms with van der Waals surface area (Å²) < 4.78 is 6.76. The lowest BCUT2D eigenvalue weighted by Gasteiger charge is -2.55. The molecule has 1 spiro atoms. The number of rotatable bonds is 3. The third-order valence-electron chi connectivity index (χ3n) is 13.0. The molecule has 1 saturated heterocycles. The molecule has 2 aliphatic heterocycles. The van der Waals surface area contributed by atoms with E-state index in [1.807, 2.05) is 0 Å². The van der Waals surface area contributed by atoms with Crippen molar-refractivity contribution in [3.05, 3.63) is 107 Å². The van der Waals surface area contributed by atoms with Crippen LogP contribution in [0.3, 0.4) is 0 Å². The van der Waals surface area contributed by atoms with Gasteiger partial charge in [-0.05, 0) is 135 Å². The Morgan fingerprint density at radius 2 is 1.63 bits per heavy atom. The Kier molecular flexibility index (Phi) is 7.45. The van der Waals surface area contributed by atoms with Crippen molar-refractivity contribution in [2.45, 2.75) is 95.5 Å². The molecular weight excluding hydrogens is 564 g/mol. The molecule has 2 heterocycles. The van der Waals surface area contributed by atoms with Crippen LogP contribution in [0.25, 0.3) is 0 Å². The minimum Gasteiger partial charge on any atom is -0.462 e. The highest BCUT2D eigenvalue weighted by Crippen LogP contribution is 2.72. The lowest BCUT2D eigenvalue weighted by molar-refractivity contribution is 0.0126. The van der Waals surface area contributed by atoms with E-state index in [0.29, 0.717) is 29.6 Å². The molecule has 238 valence electrons. The monoisotopic (exact) mass is 612 g/mol. The van der Waals surface area contributed by atoms with Crippen LogP contribution >= 0.6 is 0 Å². The molecule has 10 atom stereocenters. The number of hydrogen-bond donors (Lipinski definition) is 3. The normalized spacial score (nSPS) is 41.2. The second kappa shape index (κ2) is 11.8. The number of fused-ring (bicyclic) bond motifs is 8. The predicted molar refractivity (Wildman–Crippen MR) is 181 cm³/mol. The van der Waals surface area contributed by atoms with E-state index in [4.69, 9.17) is 4.74 Å². The van der Waals surface area contributed by atoms with Gasteiger partial charge in [-0.15, -0.1) is 0 Å². The van der Waals surface area contributed by atoms with Crippen molar-refractivity contribution in [2.24, 2.45) is 40.9 Å². The van der Waals surface area contributed by atoms with Gasteiger partial charge < -0.3 is 4.74 Å². The van der Waals surface area contributed by atoms with Crippen molar-refractivity contribution in [3.8, 4) is 6.07 Å². The summed E-state index contributed by atoms with van der Waals surface area (Å²) in [7, 11) is 0. The number of allylic oxidation sites excluding steroid dienone is 9. The number of ether oxygens (including phenoxy) is 1. The maximum Gasteiger partial charge on any atom is 0.126 e. The molecule has 0 radical (unpaired) electrons. The summed E-state index contributed by atoms with van der Waals surface area (Å²) in [6.07, 6.45) is 31.4. The Morgan fingerprint density at radius 1 is 0.783 bits per heavy atom. The third-order valence-corrected chi connectivity index (χ3v) is 13.0.